The van der Waals surface area contributed by atoms with Crippen molar-refractivity contribution in [3.05, 3.63) is 65.2 Å². The van der Waals surface area contributed by atoms with E-state index in [9.17, 15) is 4.79 Å². The summed E-state index contributed by atoms with van der Waals surface area (Å²) in [5, 5.41) is 4.85. The number of para-hydroxylation sites is 1. The van der Waals surface area contributed by atoms with Crippen LogP contribution in [0.25, 0.3) is 22.4 Å². The molecule has 0 aliphatic carbocycles. The number of ether oxygens (including phenoxy) is 2. The molecule has 2 heterocycles. The van der Waals surface area contributed by atoms with Crippen molar-refractivity contribution in [2.24, 2.45) is 0 Å². The van der Waals surface area contributed by atoms with Gasteiger partial charge in [-0.15, -0.1) is 0 Å². The SMILES string of the molecule is COc1ccccc1-c1noc(COC(=O)Cc2coc3c(C)c(C)ccc23)n1. The summed E-state index contributed by atoms with van der Waals surface area (Å²) in [7, 11) is 1.57. The van der Waals surface area contributed by atoms with Crippen LogP contribution in [0.2, 0.25) is 0 Å². The van der Waals surface area contributed by atoms with E-state index in [1.54, 1.807) is 13.4 Å². The molecule has 148 valence electrons. The van der Waals surface area contributed by atoms with Crippen molar-refractivity contribution >= 4 is 16.9 Å². The average Bonchev–Trinajstić information content (AvgIpc) is 3.37. The molecule has 0 aliphatic heterocycles. The molecule has 0 fully saturated rings. The fraction of sp³-hybridized carbons (Fsp3) is 0.227. The van der Waals surface area contributed by atoms with Crippen LogP contribution in [0.1, 0.15) is 22.6 Å². The lowest BCUT2D eigenvalue weighted by Gasteiger charge is -2.03. The van der Waals surface area contributed by atoms with Crippen LogP contribution in [0.4, 0.5) is 0 Å². The predicted molar refractivity (Wildman–Crippen MR) is 105 cm³/mol. The smallest absolute Gasteiger partial charge is 0.310 e. The summed E-state index contributed by atoms with van der Waals surface area (Å²) >= 11 is 0. The highest BCUT2D eigenvalue weighted by Gasteiger charge is 2.16. The van der Waals surface area contributed by atoms with Gasteiger partial charge >= 0.3 is 5.97 Å². The Bertz CT molecular complexity index is 1180. The van der Waals surface area contributed by atoms with Crippen molar-refractivity contribution in [1.29, 1.82) is 0 Å². The van der Waals surface area contributed by atoms with Crippen molar-refractivity contribution in [3.8, 4) is 17.1 Å². The number of hydrogen-bond donors (Lipinski definition) is 0. The molecule has 0 aliphatic rings. The topological polar surface area (TPSA) is 87.6 Å². The maximum atomic E-state index is 12.3. The maximum Gasteiger partial charge on any atom is 0.310 e. The van der Waals surface area contributed by atoms with Gasteiger partial charge in [-0.1, -0.05) is 29.4 Å². The Kier molecular flexibility index (Phi) is 5.03. The Morgan fingerprint density at radius 2 is 1.97 bits per heavy atom. The minimum atomic E-state index is -0.400. The lowest BCUT2D eigenvalue weighted by molar-refractivity contribution is -0.144. The first-order valence-electron chi connectivity index (χ1n) is 9.14. The van der Waals surface area contributed by atoms with Gasteiger partial charge in [0.15, 0.2) is 6.61 Å². The third-order valence-corrected chi connectivity index (χ3v) is 4.85. The van der Waals surface area contributed by atoms with Crippen LogP contribution in [-0.4, -0.2) is 23.2 Å². The van der Waals surface area contributed by atoms with E-state index in [2.05, 4.69) is 10.1 Å². The zero-order valence-corrected chi connectivity index (χ0v) is 16.4. The molecule has 0 bridgehead atoms. The van der Waals surface area contributed by atoms with E-state index in [1.165, 1.54) is 0 Å². The molecule has 2 aromatic heterocycles. The van der Waals surface area contributed by atoms with Crippen LogP contribution < -0.4 is 4.74 Å². The van der Waals surface area contributed by atoms with Crippen molar-refractivity contribution in [2.75, 3.05) is 7.11 Å². The Hall–Kier alpha value is -3.61. The molecule has 0 saturated heterocycles. The van der Waals surface area contributed by atoms with E-state index in [-0.39, 0.29) is 18.9 Å². The zero-order valence-electron chi connectivity index (χ0n) is 16.4. The van der Waals surface area contributed by atoms with Gasteiger partial charge < -0.3 is 18.4 Å². The molecule has 7 nitrogen and oxygen atoms in total. The molecule has 0 saturated carbocycles. The number of aryl methyl sites for hydroxylation is 2. The van der Waals surface area contributed by atoms with Gasteiger partial charge in [0.1, 0.15) is 11.3 Å². The number of furan rings is 1. The number of hydrogen-bond acceptors (Lipinski definition) is 7. The van der Waals surface area contributed by atoms with Crippen molar-refractivity contribution in [1.82, 2.24) is 10.1 Å². The van der Waals surface area contributed by atoms with Crippen LogP contribution in [0.15, 0.2) is 51.6 Å². The Morgan fingerprint density at radius 3 is 2.79 bits per heavy atom. The molecule has 2 aromatic carbocycles. The summed E-state index contributed by atoms with van der Waals surface area (Å²) in [5.41, 5.74) is 4.49. The second kappa shape index (κ2) is 7.79. The van der Waals surface area contributed by atoms with Gasteiger partial charge in [-0.3, -0.25) is 4.79 Å². The lowest BCUT2D eigenvalue weighted by atomic mass is 10.0. The molecule has 0 unspecified atom stereocenters. The van der Waals surface area contributed by atoms with Crippen LogP contribution in [0.3, 0.4) is 0 Å². The summed E-state index contributed by atoms with van der Waals surface area (Å²) in [6.07, 6.45) is 1.70. The van der Waals surface area contributed by atoms with E-state index < -0.39 is 5.97 Å². The monoisotopic (exact) mass is 392 g/mol. The fourth-order valence-electron chi connectivity index (χ4n) is 3.13. The molecule has 4 rings (SSSR count). The van der Waals surface area contributed by atoms with Crippen LogP contribution in [0.5, 0.6) is 5.75 Å². The van der Waals surface area contributed by atoms with Crippen LogP contribution in [0, 0.1) is 13.8 Å². The third kappa shape index (κ3) is 3.71. The van der Waals surface area contributed by atoms with Gasteiger partial charge in [0.2, 0.25) is 5.82 Å². The van der Waals surface area contributed by atoms with Crippen LogP contribution >= 0.6 is 0 Å². The van der Waals surface area contributed by atoms with Gasteiger partial charge in [0.25, 0.3) is 5.89 Å². The average molecular weight is 392 g/mol. The highest BCUT2D eigenvalue weighted by molar-refractivity contribution is 5.88. The first-order valence-corrected chi connectivity index (χ1v) is 9.14. The second-order valence-electron chi connectivity index (χ2n) is 6.69. The van der Waals surface area contributed by atoms with Gasteiger partial charge in [-0.25, -0.2) is 0 Å². The van der Waals surface area contributed by atoms with E-state index in [1.807, 2.05) is 50.2 Å². The number of esters is 1. The minimum absolute atomic E-state index is 0.100. The van der Waals surface area contributed by atoms with Gasteiger partial charge in [-0.05, 0) is 37.1 Å². The fourth-order valence-corrected chi connectivity index (χ4v) is 3.13. The summed E-state index contributed by atoms with van der Waals surface area (Å²) < 4.78 is 21.4. The molecule has 0 radical (unpaired) electrons. The van der Waals surface area contributed by atoms with Crippen LogP contribution in [-0.2, 0) is 22.6 Å². The third-order valence-electron chi connectivity index (χ3n) is 4.85. The second-order valence-corrected chi connectivity index (χ2v) is 6.69. The van der Waals surface area contributed by atoms with Gasteiger partial charge in [0.05, 0.1) is 25.4 Å². The maximum absolute atomic E-state index is 12.3. The Morgan fingerprint density at radius 1 is 1.14 bits per heavy atom. The first-order chi connectivity index (χ1) is 14.1. The quantitative estimate of drug-likeness (QED) is 0.450. The summed E-state index contributed by atoms with van der Waals surface area (Å²) in [4.78, 5) is 16.6. The van der Waals surface area contributed by atoms with Crippen molar-refractivity contribution < 1.29 is 23.2 Å². The number of carbonyl (C=O) groups excluding carboxylic acids is 1. The Balaban J connectivity index is 1.42. The standard InChI is InChI=1S/C22H20N2O5/c1-13-8-9-16-15(11-28-21(16)14(13)2)10-20(25)27-12-19-23-22(24-29-19)17-6-4-5-7-18(17)26-3/h4-9,11H,10,12H2,1-3H3. The molecule has 0 amide bonds. The summed E-state index contributed by atoms with van der Waals surface area (Å²) in [5.74, 6) is 0.820. The summed E-state index contributed by atoms with van der Waals surface area (Å²) in [6, 6.07) is 11.3. The number of benzene rings is 2. The van der Waals surface area contributed by atoms with E-state index in [4.69, 9.17) is 18.4 Å². The number of fused-ring (bicyclic) bond motifs is 1. The lowest BCUT2D eigenvalue weighted by Crippen LogP contribution is -2.08. The highest BCUT2D eigenvalue weighted by atomic mass is 16.6. The molecule has 0 N–H and O–H groups in total. The number of aromatic nitrogens is 2. The van der Waals surface area contributed by atoms with Gasteiger partial charge in [0, 0.05) is 10.9 Å². The van der Waals surface area contributed by atoms with E-state index >= 15 is 0 Å². The highest BCUT2D eigenvalue weighted by Crippen LogP contribution is 2.28. The van der Waals surface area contributed by atoms with Crippen molar-refractivity contribution in [2.45, 2.75) is 26.9 Å². The number of rotatable bonds is 6. The zero-order chi connectivity index (χ0) is 20.4. The largest absolute Gasteiger partial charge is 0.496 e. The number of nitrogens with zero attached hydrogens (tertiary/aromatic N) is 2. The minimum Gasteiger partial charge on any atom is -0.496 e. The summed E-state index contributed by atoms with van der Waals surface area (Å²) in [6.45, 7) is 3.92. The predicted octanol–water partition coefficient (Wildman–Crippen LogP) is 4.39. The number of methoxy groups -OCH3 is 1. The normalized spacial score (nSPS) is 11.0. The first kappa shape index (κ1) is 18.7. The van der Waals surface area contributed by atoms with Gasteiger partial charge in [-0.2, -0.15) is 4.98 Å². The molecule has 0 spiro atoms. The molecule has 7 heteroatoms. The molecule has 0 atom stereocenters. The molecular formula is C22H20N2O5. The van der Waals surface area contributed by atoms with E-state index in [0.717, 1.165) is 27.7 Å². The Labute approximate surface area is 167 Å². The molecule has 4 aromatic rings. The molecular weight excluding hydrogens is 372 g/mol. The molecule has 29 heavy (non-hydrogen) atoms. The van der Waals surface area contributed by atoms with E-state index in [0.29, 0.717) is 17.1 Å². The number of carbonyl (C=O) groups is 1. The van der Waals surface area contributed by atoms with Crippen molar-refractivity contribution in [3.63, 3.8) is 0 Å².